The molecule has 0 fully saturated rings. The van der Waals surface area contributed by atoms with E-state index < -0.39 is 0 Å². The van der Waals surface area contributed by atoms with Crippen molar-refractivity contribution in [2.45, 2.75) is 6.92 Å². The molecule has 0 amide bonds. The van der Waals surface area contributed by atoms with E-state index in [1.807, 2.05) is 0 Å². The van der Waals surface area contributed by atoms with Gasteiger partial charge in [-0.1, -0.05) is 12.6 Å². The van der Waals surface area contributed by atoms with Gasteiger partial charge in [0, 0.05) is 12.2 Å². The van der Waals surface area contributed by atoms with Crippen molar-refractivity contribution in [1.82, 2.24) is 0 Å². The first-order chi connectivity index (χ1) is 4.16. The molecule has 0 heterocycles. The zero-order valence-corrected chi connectivity index (χ0v) is 15.6. The molecule has 0 bridgehead atoms. The van der Waals surface area contributed by atoms with Gasteiger partial charge in [0.15, 0.2) is 0 Å². The summed E-state index contributed by atoms with van der Waals surface area (Å²) in [6.07, 6.45) is 0. The summed E-state index contributed by atoms with van der Waals surface area (Å²) in [7, 11) is 0. The molecule has 0 aromatic heterocycles. The molecule has 56 valence electrons. The van der Waals surface area contributed by atoms with Crippen molar-refractivity contribution in [3.8, 4) is 0 Å². The van der Waals surface area contributed by atoms with Crippen LogP contribution in [-0.2, 0) is 9.47 Å². The molecule has 0 aliphatic heterocycles. The topological polar surface area (TPSA) is 18.5 Å². The molecule has 0 unspecified atom stereocenters. The van der Waals surface area contributed by atoms with Crippen LogP contribution in [0.25, 0.3) is 0 Å². The van der Waals surface area contributed by atoms with Crippen LogP contribution in [0.2, 0.25) is 0 Å². The first-order valence-corrected chi connectivity index (χ1v) is 3.50. The van der Waals surface area contributed by atoms with Crippen LogP contribution < -0.4 is 103 Å². The quantitative estimate of drug-likeness (QED) is 0.293. The van der Waals surface area contributed by atoms with Gasteiger partial charge in [-0.3, -0.25) is 0 Å². The van der Waals surface area contributed by atoms with Gasteiger partial charge in [-0.05, 0) is 19.1 Å². The molecular weight excluding hydrogens is 254 g/mol. The third kappa shape index (κ3) is 16.1. The second-order valence-electron chi connectivity index (χ2n) is 1.05. The Labute approximate surface area is 171 Å². The summed E-state index contributed by atoms with van der Waals surface area (Å²) in [5.74, 6) is 0. The van der Waals surface area contributed by atoms with Gasteiger partial charge in [-0.15, -0.1) is 0 Å². The second-order valence-corrected chi connectivity index (χ2v) is 2.46. The molecule has 2 nitrogen and oxygen atoms in total. The average Bonchev–Trinajstić information content (AvgIpc) is 1.63. The summed E-state index contributed by atoms with van der Waals surface area (Å²) in [6, 6.07) is 0. The maximum absolute atomic E-state index is 4.73. The Morgan fingerprint density at radius 2 is 1.91 bits per heavy atom. The van der Waals surface area contributed by atoms with Gasteiger partial charge >= 0.3 is 108 Å². The van der Waals surface area contributed by atoms with Gasteiger partial charge in [0.1, 0.15) is 0 Å². The molecule has 7 heteroatoms. The molecule has 0 aromatic rings. The van der Waals surface area contributed by atoms with Crippen LogP contribution in [0.4, 0.5) is 0 Å². The molecule has 0 saturated heterocycles. The fourth-order valence-electron chi connectivity index (χ4n) is 0.219. The predicted octanol–water partition coefficient (Wildman–Crippen LogP) is -4.23. The fraction of sp³-hybridized carbons (Fsp3) is 0.500. The summed E-state index contributed by atoms with van der Waals surface area (Å²) < 4.78 is 9.40. The maximum Gasteiger partial charge on any atom is 1.00 e. The Bertz CT molecular complexity index is 139. The Morgan fingerprint density at radius 3 is 2.18 bits per heavy atom. The van der Waals surface area contributed by atoms with E-state index in [1.165, 1.54) is 0 Å². The Hall–Kier alpha value is 3.40. The summed E-state index contributed by atoms with van der Waals surface area (Å²) in [5.41, 5.74) is 0. The van der Waals surface area contributed by atoms with E-state index in [-0.39, 0.29) is 115 Å². The minimum atomic E-state index is 0. The molecular formula is C4H8K2O2S3. The zero-order chi connectivity index (χ0) is 7.28. The van der Waals surface area contributed by atoms with Crippen LogP contribution in [0.1, 0.15) is 9.78 Å². The predicted molar refractivity (Wildman–Crippen MR) is 49.1 cm³/mol. The zero-order valence-electron chi connectivity index (χ0n) is 8.79. The van der Waals surface area contributed by atoms with Crippen molar-refractivity contribution < 1.29 is 115 Å². The van der Waals surface area contributed by atoms with Crippen molar-refractivity contribution in [3.05, 3.63) is 0 Å². The van der Waals surface area contributed by atoms with Crippen LogP contribution in [-0.4, -0.2) is 16.2 Å². The van der Waals surface area contributed by atoms with Crippen molar-refractivity contribution >= 4 is 46.7 Å². The summed E-state index contributed by atoms with van der Waals surface area (Å²) >= 11 is 12.7. The third-order valence-electron chi connectivity index (χ3n) is 0.433. The molecule has 0 saturated carbocycles. The maximum atomic E-state index is 4.73. The summed E-state index contributed by atoms with van der Waals surface area (Å²) in [5, 5.41) is 0.0255. The Kier molecular flexibility index (Phi) is 24.2. The van der Waals surface area contributed by atoms with Gasteiger partial charge in [0.2, 0.25) is 4.38 Å². The molecule has 0 radical (unpaired) electrons. The van der Waals surface area contributed by atoms with Gasteiger partial charge < -0.3 is 12.3 Å². The molecule has 11 heavy (non-hydrogen) atoms. The summed E-state index contributed by atoms with van der Waals surface area (Å²) in [4.78, 5) is 0. The summed E-state index contributed by atoms with van der Waals surface area (Å²) in [6.45, 7) is 2.28. The molecule has 0 atom stereocenters. The third-order valence-corrected chi connectivity index (χ3v) is 0.809. The van der Waals surface area contributed by atoms with Crippen LogP contribution >= 0.6 is 37.1 Å². The number of thiol groups is 1. The van der Waals surface area contributed by atoms with Crippen LogP contribution in [0.3, 0.4) is 0 Å². The van der Waals surface area contributed by atoms with Gasteiger partial charge in [0.05, 0.1) is 6.61 Å². The van der Waals surface area contributed by atoms with Crippen molar-refractivity contribution in [2.75, 3.05) is 6.61 Å². The number of hydrogen-bond donors (Lipinski definition) is 1. The minimum Gasteiger partial charge on any atom is -1.00 e. The second kappa shape index (κ2) is 13.4. The standard InChI is InChI=1S/C4H6O2S3.2K.2H/c1-2-5-3(7)6-4(8)9;;;;/h2H2,1H3,(H,8,9);;;;/q;2*+1;2*-1. The number of ether oxygens (including phenoxy) is 2. The number of hydrogen-bond acceptors (Lipinski definition) is 4. The Morgan fingerprint density at radius 1 is 1.45 bits per heavy atom. The van der Waals surface area contributed by atoms with Crippen LogP contribution in [0, 0.1) is 0 Å². The van der Waals surface area contributed by atoms with E-state index in [1.54, 1.807) is 6.92 Å². The molecule has 0 aliphatic rings. The first kappa shape index (κ1) is 19.9. The van der Waals surface area contributed by atoms with E-state index in [2.05, 4.69) is 41.8 Å². The largest absolute Gasteiger partial charge is 1.00 e. The molecule has 0 rings (SSSR count). The van der Waals surface area contributed by atoms with Crippen molar-refractivity contribution in [2.24, 2.45) is 0 Å². The van der Waals surface area contributed by atoms with Crippen molar-refractivity contribution in [3.63, 3.8) is 0 Å². The van der Waals surface area contributed by atoms with E-state index in [4.69, 9.17) is 4.74 Å². The smallest absolute Gasteiger partial charge is 1.00 e. The molecule has 0 spiro atoms. The van der Waals surface area contributed by atoms with Gasteiger partial charge in [0.25, 0.3) is 0 Å². The Balaban J connectivity index is -0.0000000533. The monoisotopic (exact) mass is 262 g/mol. The number of thiocarbonyl (C=S) groups is 2. The van der Waals surface area contributed by atoms with E-state index in [9.17, 15) is 0 Å². The minimum absolute atomic E-state index is 0. The van der Waals surface area contributed by atoms with E-state index in [0.29, 0.717) is 6.61 Å². The van der Waals surface area contributed by atoms with Gasteiger partial charge in [-0.2, -0.15) is 0 Å². The van der Waals surface area contributed by atoms with E-state index >= 15 is 0 Å². The average molecular weight is 263 g/mol. The van der Waals surface area contributed by atoms with Crippen LogP contribution in [0.5, 0.6) is 0 Å². The van der Waals surface area contributed by atoms with E-state index in [0.717, 1.165) is 0 Å². The first-order valence-electron chi connectivity index (χ1n) is 2.24. The number of rotatable bonds is 1. The molecule has 0 N–H and O–H groups in total. The normalized spacial score (nSPS) is 6.73. The van der Waals surface area contributed by atoms with Crippen LogP contribution in [0.15, 0.2) is 0 Å². The molecule has 0 aromatic carbocycles. The molecule has 0 aliphatic carbocycles. The van der Waals surface area contributed by atoms with Gasteiger partial charge in [-0.25, -0.2) is 0 Å². The SMILES string of the molecule is CCOC(=S)OC(=S)S.[H-].[H-].[K+].[K+]. The fourth-order valence-corrected chi connectivity index (χ4v) is 0.693. The van der Waals surface area contributed by atoms with Crippen molar-refractivity contribution in [1.29, 1.82) is 0 Å².